The van der Waals surface area contributed by atoms with Crippen molar-refractivity contribution in [2.45, 2.75) is 26.4 Å². The van der Waals surface area contributed by atoms with Gasteiger partial charge in [0.15, 0.2) is 5.69 Å². The van der Waals surface area contributed by atoms with Crippen LogP contribution in [-0.4, -0.2) is 62.9 Å². The van der Waals surface area contributed by atoms with Gasteiger partial charge in [0.1, 0.15) is 12.6 Å². The van der Waals surface area contributed by atoms with Gasteiger partial charge >= 0.3 is 5.97 Å². The van der Waals surface area contributed by atoms with Gasteiger partial charge in [0.05, 0.1) is 6.20 Å². The first-order valence-electron chi connectivity index (χ1n) is 6.36. The van der Waals surface area contributed by atoms with Crippen molar-refractivity contribution in [3.05, 3.63) is 11.9 Å². The Labute approximate surface area is 121 Å². The van der Waals surface area contributed by atoms with Crippen LogP contribution in [0.15, 0.2) is 6.20 Å². The number of hydrogen-bond acceptors (Lipinski definition) is 5. The normalized spacial score (nSPS) is 12.0. The maximum absolute atomic E-state index is 11.9. The number of rotatable bonds is 6. The van der Waals surface area contributed by atoms with Gasteiger partial charge in [0, 0.05) is 14.1 Å². The summed E-state index contributed by atoms with van der Waals surface area (Å²) in [7, 11) is 3.21. The molecule has 0 aliphatic heterocycles. The topological polar surface area (TPSA) is 117 Å². The third-order valence-electron chi connectivity index (χ3n) is 2.79. The third-order valence-corrected chi connectivity index (χ3v) is 2.79. The molecule has 0 aromatic carbocycles. The highest BCUT2D eigenvalue weighted by Crippen LogP contribution is 2.03. The third kappa shape index (κ3) is 4.55. The summed E-state index contributed by atoms with van der Waals surface area (Å²) >= 11 is 0. The van der Waals surface area contributed by atoms with Crippen LogP contribution in [0.3, 0.4) is 0 Å². The van der Waals surface area contributed by atoms with E-state index in [1.54, 1.807) is 27.9 Å². The molecule has 0 fully saturated rings. The molecule has 9 nitrogen and oxygen atoms in total. The largest absolute Gasteiger partial charge is 0.480 e. The van der Waals surface area contributed by atoms with E-state index in [4.69, 9.17) is 5.11 Å². The number of carbonyl (C=O) groups is 3. The van der Waals surface area contributed by atoms with E-state index >= 15 is 0 Å². The summed E-state index contributed by atoms with van der Waals surface area (Å²) in [6.07, 6.45) is 1.30. The molecule has 0 unspecified atom stereocenters. The van der Waals surface area contributed by atoms with Crippen molar-refractivity contribution in [3.8, 4) is 0 Å². The molecular formula is C12H19N5O4. The van der Waals surface area contributed by atoms with Crippen LogP contribution in [0.25, 0.3) is 0 Å². The second-order valence-corrected chi connectivity index (χ2v) is 5.12. The summed E-state index contributed by atoms with van der Waals surface area (Å²) in [5.41, 5.74) is -0.0338. The number of amides is 2. The molecule has 1 aromatic rings. The molecule has 0 saturated carbocycles. The van der Waals surface area contributed by atoms with Crippen molar-refractivity contribution < 1.29 is 19.5 Å². The van der Waals surface area contributed by atoms with Gasteiger partial charge in [-0.1, -0.05) is 19.1 Å². The predicted octanol–water partition coefficient (Wildman–Crippen LogP) is -0.795. The number of nitrogens with zero attached hydrogens (tertiary/aromatic N) is 4. The van der Waals surface area contributed by atoms with Gasteiger partial charge in [-0.2, -0.15) is 0 Å². The second-order valence-electron chi connectivity index (χ2n) is 5.12. The van der Waals surface area contributed by atoms with Gasteiger partial charge < -0.3 is 15.3 Å². The van der Waals surface area contributed by atoms with Crippen molar-refractivity contribution in [2.24, 2.45) is 5.92 Å². The van der Waals surface area contributed by atoms with Gasteiger partial charge in [0.25, 0.3) is 5.91 Å². The second kappa shape index (κ2) is 6.82. The number of aliphatic carboxylic acids is 1. The lowest BCUT2D eigenvalue weighted by Gasteiger charge is -2.16. The molecule has 116 valence electrons. The summed E-state index contributed by atoms with van der Waals surface area (Å²) in [6, 6.07) is -1.01. The quantitative estimate of drug-likeness (QED) is 0.710. The lowest BCUT2D eigenvalue weighted by molar-refractivity contribution is -0.140. The van der Waals surface area contributed by atoms with E-state index < -0.39 is 17.9 Å². The Balaban J connectivity index is 2.74. The highest BCUT2D eigenvalue weighted by atomic mass is 16.4. The maximum Gasteiger partial charge on any atom is 0.326 e. The van der Waals surface area contributed by atoms with E-state index in [9.17, 15) is 14.4 Å². The molecule has 0 aliphatic rings. The summed E-state index contributed by atoms with van der Waals surface area (Å²) in [5, 5.41) is 18.7. The zero-order valence-electron chi connectivity index (χ0n) is 12.4. The molecule has 21 heavy (non-hydrogen) atoms. The predicted molar refractivity (Wildman–Crippen MR) is 72.4 cm³/mol. The van der Waals surface area contributed by atoms with E-state index in [1.165, 1.54) is 15.8 Å². The Hall–Kier alpha value is -2.45. The van der Waals surface area contributed by atoms with E-state index in [2.05, 4.69) is 15.6 Å². The van der Waals surface area contributed by atoms with Crippen LogP contribution in [0.4, 0.5) is 0 Å². The molecule has 1 rings (SSSR count). The van der Waals surface area contributed by atoms with Crippen LogP contribution in [0.2, 0.25) is 0 Å². The van der Waals surface area contributed by atoms with Crippen LogP contribution in [-0.2, 0) is 16.1 Å². The fourth-order valence-corrected chi connectivity index (χ4v) is 1.49. The minimum atomic E-state index is -1.12. The van der Waals surface area contributed by atoms with Crippen LogP contribution in [0, 0.1) is 5.92 Å². The van der Waals surface area contributed by atoms with Gasteiger partial charge in [0.2, 0.25) is 5.91 Å². The summed E-state index contributed by atoms with van der Waals surface area (Å²) in [6.45, 7) is 3.33. The van der Waals surface area contributed by atoms with Crippen LogP contribution >= 0.6 is 0 Å². The number of likely N-dealkylation sites (N-methyl/N-ethyl adjacent to an activating group) is 1. The number of aromatic nitrogens is 3. The molecule has 0 aliphatic carbocycles. The summed E-state index contributed by atoms with van der Waals surface area (Å²) in [5.74, 6) is -2.22. The minimum absolute atomic E-state index is 0.0338. The number of carboxylic acid groups (broad SMARTS) is 1. The lowest BCUT2D eigenvalue weighted by atomic mass is 10.0. The van der Waals surface area contributed by atoms with Gasteiger partial charge in [-0.05, 0) is 5.92 Å². The molecule has 1 atom stereocenters. The molecule has 0 spiro atoms. The van der Waals surface area contributed by atoms with Crippen molar-refractivity contribution in [1.82, 2.24) is 25.2 Å². The van der Waals surface area contributed by atoms with E-state index in [0.29, 0.717) is 0 Å². The van der Waals surface area contributed by atoms with Crippen molar-refractivity contribution in [1.29, 1.82) is 0 Å². The molecule has 1 heterocycles. The molecular weight excluding hydrogens is 278 g/mol. The van der Waals surface area contributed by atoms with Gasteiger partial charge in [-0.25, -0.2) is 9.48 Å². The first-order chi connectivity index (χ1) is 9.72. The molecule has 0 bridgehead atoms. The van der Waals surface area contributed by atoms with E-state index in [1.807, 2.05) is 0 Å². The molecule has 0 saturated heterocycles. The standard InChI is InChI=1S/C12H19N5O4/c1-7(2)10(12(20)21)13-11(19)8-5-17(15-14-8)6-9(18)16(3)4/h5,7,10H,6H2,1-4H3,(H,13,19)(H,20,21)/t10-/m1/s1. The van der Waals surface area contributed by atoms with Crippen molar-refractivity contribution >= 4 is 17.8 Å². The first kappa shape index (κ1) is 16.6. The molecule has 9 heteroatoms. The number of nitrogens with one attached hydrogen (secondary N) is 1. The Kier molecular flexibility index (Phi) is 5.39. The molecule has 2 N–H and O–H groups in total. The Bertz CT molecular complexity index is 538. The zero-order valence-corrected chi connectivity index (χ0v) is 12.4. The highest BCUT2D eigenvalue weighted by Gasteiger charge is 2.25. The van der Waals surface area contributed by atoms with Crippen molar-refractivity contribution in [2.75, 3.05) is 14.1 Å². The smallest absolute Gasteiger partial charge is 0.326 e. The monoisotopic (exact) mass is 297 g/mol. The average Bonchev–Trinajstić information content (AvgIpc) is 2.83. The fraction of sp³-hybridized carbons (Fsp3) is 0.583. The number of carbonyl (C=O) groups excluding carboxylic acids is 2. The number of hydrogen-bond donors (Lipinski definition) is 2. The summed E-state index contributed by atoms with van der Waals surface area (Å²) in [4.78, 5) is 35.8. The molecule has 0 radical (unpaired) electrons. The molecule has 1 aromatic heterocycles. The van der Waals surface area contributed by atoms with Crippen LogP contribution in [0.1, 0.15) is 24.3 Å². The highest BCUT2D eigenvalue weighted by molar-refractivity contribution is 5.94. The Morgan fingerprint density at radius 3 is 2.48 bits per heavy atom. The Morgan fingerprint density at radius 2 is 2.00 bits per heavy atom. The maximum atomic E-state index is 11.9. The van der Waals surface area contributed by atoms with Gasteiger partial charge in [-0.3, -0.25) is 9.59 Å². The summed E-state index contributed by atoms with van der Waals surface area (Å²) < 4.78 is 1.22. The fourth-order valence-electron chi connectivity index (χ4n) is 1.49. The van der Waals surface area contributed by atoms with E-state index in [-0.39, 0.29) is 24.1 Å². The number of carboxylic acids is 1. The van der Waals surface area contributed by atoms with Crippen LogP contribution in [0.5, 0.6) is 0 Å². The molecule has 2 amide bonds. The SMILES string of the molecule is CC(C)[C@@H](NC(=O)c1cn(CC(=O)N(C)C)nn1)C(=O)O. The van der Waals surface area contributed by atoms with Crippen LogP contribution < -0.4 is 5.32 Å². The Morgan fingerprint density at radius 1 is 1.38 bits per heavy atom. The first-order valence-corrected chi connectivity index (χ1v) is 6.36. The van der Waals surface area contributed by atoms with E-state index in [0.717, 1.165) is 0 Å². The zero-order chi connectivity index (χ0) is 16.2. The lowest BCUT2D eigenvalue weighted by Crippen LogP contribution is -2.44. The average molecular weight is 297 g/mol. The minimum Gasteiger partial charge on any atom is -0.480 e. The van der Waals surface area contributed by atoms with Gasteiger partial charge in [-0.15, -0.1) is 5.10 Å². The van der Waals surface area contributed by atoms with Crippen molar-refractivity contribution in [3.63, 3.8) is 0 Å².